The van der Waals surface area contributed by atoms with Crippen LogP contribution in [0.5, 0.6) is 0 Å². The average Bonchev–Trinajstić information content (AvgIpc) is 2.80. The highest BCUT2D eigenvalue weighted by molar-refractivity contribution is 6.43. The number of aromatic nitrogens is 1. The van der Waals surface area contributed by atoms with Gasteiger partial charge in [-0.05, 0) is 25.1 Å². The standard InChI is InChI=1S/C13H10N2O3/c1-2-18-13(17)12(16)10-7-15-11-4-3-8(6-14)5-9(10)11/h3-5,7,15H,2H2,1H3. The molecule has 0 aliphatic rings. The lowest BCUT2D eigenvalue weighted by atomic mass is 10.1. The van der Waals surface area contributed by atoms with E-state index in [9.17, 15) is 9.59 Å². The summed E-state index contributed by atoms with van der Waals surface area (Å²) in [5, 5.41) is 9.37. The lowest BCUT2D eigenvalue weighted by molar-refractivity contribution is -0.137. The molecule has 0 amide bonds. The number of hydrogen-bond acceptors (Lipinski definition) is 4. The number of carbonyl (C=O) groups is 2. The van der Waals surface area contributed by atoms with E-state index in [-0.39, 0.29) is 12.2 Å². The number of hydrogen-bond donors (Lipinski definition) is 1. The zero-order chi connectivity index (χ0) is 13.1. The molecule has 0 saturated heterocycles. The van der Waals surface area contributed by atoms with Crippen molar-refractivity contribution in [1.29, 1.82) is 5.26 Å². The Morgan fingerprint density at radius 2 is 2.22 bits per heavy atom. The Morgan fingerprint density at radius 1 is 1.44 bits per heavy atom. The van der Waals surface area contributed by atoms with Crippen LogP contribution in [0.25, 0.3) is 10.9 Å². The fourth-order valence-corrected chi connectivity index (χ4v) is 1.68. The van der Waals surface area contributed by atoms with Crippen molar-refractivity contribution in [2.45, 2.75) is 6.92 Å². The molecule has 2 rings (SSSR count). The molecule has 0 saturated carbocycles. The summed E-state index contributed by atoms with van der Waals surface area (Å²) < 4.78 is 4.67. The van der Waals surface area contributed by atoms with Gasteiger partial charge in [-0.1, -0.05) is 0 Å². The second kappa shape index (κ2) is 4.72. The number of rotatable bonds is 3. The Balaban J connectivity index is 2.48. The average molecular weight is 242 g/mol. The minimum atomic E-state index is -0.888. The van der Waals surface area contributed by atoms with E-state index in [0.717, 1.165) is 0 Å². The number of aromatic amines is 1. The fourth-order valence-electron chi connectivity index (χ4n) is 1.68. The first-order valence-electron chi connectivity index (χ1n) is 5.40. The predicted octanol–water partition coefficient (Wildman–Crippen LogP) is 1.79. The summed E-state index contributed by atoms with van der Waals surface area (Å²) in [7, 11) is 0. The Morgan fingerprint density at radius 3 is 2.89 bits per heavy atom. The summed E-state index contributed by atoms with van der Waals surface area (Å²) in [4.78, 5) is 26.1. The molecular formula is C13H10N2O3. The molecule has 0 aliphatic carbocycles. The van der Waals surface area contributed by atoms with E-state index < -0.39 is 11.8 Å². The zero-order valence-corrected chi connectivity index (χ0v) is 9.69. The number of ether oxygens (including phenoxy) is 1. The van der Waals surface area contributed by atoms with Crippen LogP contribution in [-0.2, 0) is 9.53 Å². The van der Waals surface area contributed by atoms with Gasteiger partial charge in [0.2, 0.25) is 0 Å². The van der Waals surface area contributed by atoms with Crippen molar-refractivity contribution in [2.24, 2.45) is 0 Å². The molecule has 18 heavy (non-hydrogen) atoms. The fraction of sp³-hybridized carbons (Fsp3) is 0.154. The van der Waals surface area contributed by atoms with Gasteiger partial charge in [0.1, 0.15) is 0 Å². The second-order valence-corrected chi connectivity index (χ2v) is 3.62. The van der Waals surface area contributed by atoms with Crippen LogP contribution < -0.4 is 0 Å². The van der Waals surface area contributed by atoms with Gasteiger partial charge >= 0.3 is 5.97 Å². The lowest BCUT2D eigenvalue weighted by Crippen LogP contribution is -2.17. The number of esters is 1. The van der Waals surface area contributed by atoms with E-state index in [0.29, 0.717) is 16.5 Å². The van der Waals surface area contributed by atoms with Gasteiger partial charge in [-0.25, -0.2) is 4.79 Å². The first kappa shape index (κ1) is 11.9. The molecule has 1 aromatic carbocycles. The molecule has 0 atom stereocenters. The van der Waals surface area contributed by atoms with Gasteiger partial charge in [0.15, 0.2) is 0 Å². The highest BCUT2D eigenvalue weighted by Gasteiger charge is 2.21. The summed E-state index contributed by atoms with van der Waals surface area (Å²) in [6, 6.07) is 6.88. The molecule has 0 bridgehead atoms. The zero-order valence-electron chi connectivity index (χ0n) is 9.69. The maximum Gasteiger partial charge on any atom is 0.379 e. The normalized spacial score (nSPS) is 10.0. The van der Waals surface area contributed by atoms with Gasteiger partial charge in [-0.15, -0.1) is 0 Å². The SMILES string of the molecule is CCOC(=O)C(=O)c1c[nH]c2ccc(C#N)cc12. The van der Waals surface area contributed by atoms with Crippen molar-refractivity contribution in [1.82, 2.24) is 4.98 Å². The van der Waals surface area contributed by atoms with Crippen LogP contribution in [0, 0.1) is 11.3 Å². The summed E-state index contributed by atoms with van der Waals surface area (Å²) in [5.74, 6) is -1.60. The Bertz CT molecular complexity index is 664. The number of Topliss-reactive ketones (excluding diaryl/α,β-unsaturated/α-hetero) is 1. The number of fused-ring (bicyclic) bond motifs is 1. The lowest BCUT2D eigenvalue weighted by Gasteiger charge is -1.99. The molecule has 90 valence electrons. The molecule has 0 spiro atoms. The number of ketones is 1. The molecule has 1 N–H and O–H groups in total. The maximum atomic E-state index is 11.8. The first-order valence-corrected chi connectivity index (χ1v) is 5.40. The molecule has 0 radical (unpaired) electrons. The van der Waals surface area contributed by atoms with Crippen LogP contribution in [0.15, 0.2) is 24.4 Å². The summed E-state index contributed by atoms with van der Waals surface area (Å²) in [5.41, 5.74) is 1.35. The number of nitriles is 1. The van der Waals surface area contributed by atoms with Crippen molar-refractivity contribution in [3.63, 3.8) is 0 Å². The molecule has 0 unspecified atom stereocenters. The van der Waals surface area contributed by atoms with Gasteiger partial charge in [0.05, 0.1) is 23.8 Å². The van der Waals surface area contributed by atoms with Gasteiger partial charge in [0, 0.05) is 17.1 Å². The highest BCUT2D eigenvalue weighted by atomic mass is 16.5. The van der Waals surface area contributed by atoms with E-state index in [1.807, 2.05) is 6.07 Å². The van der Waals surface area contributed by atoms with Gasteiger partial charge < -0.3 is 9.72 Å². The Kier molecular flexibility index (Phi) is 3.11. The van der Waals surface area contributed by atoms with Crippen LogP contribution in [-0.4, -0.2) is 23.3 Å². The molecule has 1 aromatic heterocycles. The van der Waals surface area contributed by atoms with E-state index in [1.54, 1.807) is 25.1 Å². The molecule has 5 heteroatoms. The van der Waals surface area contributed by atoms with Crippen LogP contribution in [0.3, 0.4) is 0 Å². The molecule has 1 heterocycles. The highest BCUT2D eigenvalue weighted by Crippen LogP contribution is 2.20. The van der Waals surface area contributed by atoms with Crippen molar-refractivity contribution in [3.8, 4) is 6.07 Å². The third-order valence-electron chi connectivity index (χ3n) is 2.52. The van der Waals surface area contributed by atoms with Crippen LogP contribution in [0.1, 0.15) is 22.8 Å². The number of carbonyl (C=O) groups excluding carboxylic acids is 2. The van der Waals surface area contributed by atoms with Crippen LogP contribution >= 0.6 is 0 Å². The van der Waals surface area contributed by atoms with E-state index in [4.69, 9.17) is 5.26 Å². The predicted molar refractivity (Wildman–Crippen MR) is 64.0 cm³/mol. The number of H-pyrrole nitrogens is 1. The Hall–Kier alpha value is -2.61. The maximum absolute atomic E-state index is 11.8. The van der Waals surface area contributed by atoms with Crippen molar-refractivity contribution < 1.29 is 14.3 Å². The Labute approximate surface area is 103 Å². The number of nitrogens with one attached hydrogen (secondary N) is 1. The smallest absolute Gasteiger partial charge is 0.379 e. The van der Waals surface area contributed by atoms with E-state index in [1.165, 1.54) is 6.20 Å². The van der Waals surface area contributed by atoms with Crippen molar-refractivity contribution in [3.05, 3.63) is 35.5 Å². The first-order chi connectivity index (χ1) is 8.67. The molecular weight excluding hydrogens is 232 g/mol. The second-order valence-electron chi connectivity index (χ2n) is 3.62. The minimum Gasteiger partial charge on any atom is -0.460 e. The monoisotopic (exact) mass is 242 g/mol. The molecule has 0 aliphatic heterocycles. The summed E-state index contributed by atoms with van der Waals surface area (Å²) >= 11 is 0. The van der Waals surface area contributed by atoms with Crippen molar-refractivity contribution >= 4 is 22.7 Å². The van der Waals surface area contributed by atoms with Crippen LogP contribution in [0.4, 0.5) is 0 Å². The largest absolute Gasteiger partial charge is 0.460 e. The molecule has 2 aromatic rings. The summed E-state index contributed by atoms with van der Waals surface area (Å²) in [6.07, 6.45) is 1.45. The van der Waals surface area contributed by atoms with Gasteiger partial charge in [-0.3, -0.25) is 4.79 Å². The third kappa shape index (κ3) is 1.96. The topological polar surface area (TPSA) is 83.0 Å². The van der Waals surface area contributed by atoms with E-state index in [2.05, 4.69) is 9.72 Å². The summed E-state index contributed by atoms with van der Waals surface area (Å²) in [6.45, 7) is 1.78. The van der Waals surface area contributed by atoms with Gasteiger partial charge in [-0.2, -0.15) is 5.26 Å². The number of nitrogens with zero attached hydrogens (tertiary/aromatic N) is 1. The quantitative estimate of drug-likeness (QED) is 0.505. The number of benzene rings is 1. The minimum absolute atomic E-state index is 0.149. The molecule has 5 nitrogen and oxygen atoms in total. The van der Waals surface area contributed by atoms with Crippen molar-refractivity contribution in [2.75, 3.05) is 6.61 Å². The van der Waals surface area contributed by atoms with Gasteiger partial charge in [0.25, 0.3) is 5.78 Å². The third-order valence-corrected chi connectivity index (χ3v) is 2.52. The van der Waals surface area contributed by atoms with E-state index >= 15 is 0 Å². The molecule has 0 fully saturated rings. The van der Waals surface area contributed by atoms with Crippen LogP contribution in [0.2, 0.25) is 0 Å².